The Balaban J connectivity index is 2.94. The highest BCUT2D eigenvalue weighted by molar-refractivity contribution is 8.13. The van der Waals surface area contributed by atoms with E-state index in [1.807, 2.05) is 0 Å². The first-order valence-corrected chi connectivity index (χ1v) is 6.06. The van der Waals surface area contributed by atoms with Crippen molar-refractivity contribution in [2.24, 2.45) is 0 Å². The third kappa shape index (κ3) is 13.5. The molecule has 0 rings (SSSR count). The van der Waals surface area contributed by atoms with E-state index in [0.717, 1.165) is 0 Å². The molecular weight excluding hydrogens is 228 g/mol. The molecule has 0 aliphatic carbocycles. The zero-order valence-electron chi connectivity index (χ0n) is 9.57. The van der Waals surface area contributed by atoms with Crippen molar-refractivity contribution < 1.29 is 19.0 Å². The van der Waals surface area contributed by atoms with Crippen molar-refractivity contribution in [3.05, 3.63) is 0 Å². The van der Waals surface area contributed by atoms with Crippen molar-refractivity contribution in [1.29, 1.82) is 0 Å². The van der Waals surface area contributed by atoms with E-state index in [4.69, 9.17) is 20.6 Å². The predicted octanol–water partition coefficient (Wildman–Crippen LogP) is 0.949. The number of rotatable bonds is 10. The Hall–Kier alpha value is -0.540. The SMILES string of the molecule is C#CCOCCOCCOCCSC(C)=O. The number of hydrogen-bond acceptors (Lipinski definition) is 5. The molecule has 0 spiro atoms. The molecule has 0 bridgehead atoms. The number of ether oxygens (including phenoxy) is 3. The third-order valence-electron chi connectivity index (χ3n) is 1.46. The standard InChI is InChI=1S/C11H18O4S/c1-3-4-13-5-6-14-7-8-15-9-10-16-11(2)12/h1H,4-10H2,2H3. The molecule has 0 aliphatic heterocycles. The predicted molar refractivity (Wildman–Crippen MR) is 64.4 cm³/mol. The van der Waals surface area contributed by atoms with E-state index < -0.39 is 0 Å². The fourth-order valence-electron chi connectivity index (χ4n) is 0.815. The summed E-state index contributed by atoms with van der Waals surface area (Å²) in [6.45, 7) is 4.53. The van der Waals surface area contributed by atoms with E-state index in [2.05, 4.69) is 5.92 Å². The van der Waals surface area contributed by atoms with Gasteiger partial charge in [0.15, 0.2) is 5.12 Å². The van der Waals surface area contributed by atoms with Crippen LogP contribution in [0.25, 0.3) is 0 Å². The minimum atomic E-state index is 0.116. The average Bonchev–Trinajstić information content (AvgIpc) is 2.25. The first kappa shape index (κ1) is 15.5. The van der Waals surface area contributed by atoms with E-state index in [0.29, 0.717) is 45.4 Å². The van der Waals surface area contributed by atoms with Gasteiger partial charge in [0.05, 0.1) is 33.0 Å². The van der Waals surface area contributed by atoms with Crippen LogP contribution in [0.1, 0.15) is 6.92 Å². The van der Waals surface area contributed by atoms with Crippen LogP contribution in [0.4, 0.5) is 0 Å². The lowest BCUT2D eigenvalue weighted by atomic mass is 10.7. The molecule has 0 heterocycles. The topological polar surface area (TPSA) is 44.8 Å². The quantitative estimate of drug-likeness (QED) is 0.424. The van der Waals surface area contributed by atoms with Gasteiger partial charge in [-0.15, -0.1) is 6.42 Å². The molecule has 0 amide bonds. The molecule has 0 atom stereocenters. The van der Waals surface area contributed by atoms with Gasteiger partial charge in [-0.25, -0.2) is 0 Å². The number of carbonyl (C=O) groups is 1. The normalized spacial score (nSPS) is 10.0. The van der Waals surface area contributed by atoms with Gasteiger partial charge in [0.25, 0.3) is 0 Å². The van der Waals surface area contributed by atoms with Gasteiger partial charge in [0.2, 0.25) is 0 Å². The molecule has 0 radical (unpaired) electrons. The molecule has 0 fully saturated rings. The number of thioether (sulfide) groups is 1. The third-order valence-corrected chi connectivity index (χ3v) is 2.24. The number of carbonyl (C=O) groups excluding carboxylic acids is 1. The van der Waals surface area contributed by atoms with Crippen molar-refractivity contribution in [3.63, 3.8) is 0 Å². The van der Waals surface area contributed by atoms with Crippen molar-refractivity contribution in [2.75, 3.05) is 45.4 Å². The van der Waals surface area contributed by atoms with E-state index in [-0.39, 0.29) is 5.12 Å². The van der Waals surface area contributed by atoms with Crippen molar-refractivity contribution >= 4 is 16.9 Å². The molecule has 0 aliphatic rings. The summed E-state index contributed by atoms with van der Waals surface area (Å²) in [5, 5.41) is 0.116. The smallest absolute Gasteiger partial charge is 0.185 e. The van der Waals surface area contributed by atoms with Crippen LogP contribution in [-0.4, -0.2) is 50.5 Å². The van der Waals surface area contributed by atoms with Crippen LogP contribution in [0, 0.1) is 12.3 Å². The van der Waals surface area contributed by atoms with Crippen molar-refractivity contribution in [3.8, 4) is 12.3 Å². The van der Waals surface area contributed by atoms with Gasteiger partial charge in [0.1, 0.15) is 6.61 Å². The summed E-state index contributed by atoms with van der Waals surface area (Å²) in [6, 6.07) is 0. The lowest BCUT2D eigenvalue weighted by Crippen LogP contribution is -2.10. The maximum atomic E-state index is 10.6. The molecule has 92 valence electrons. The molecule has 0 aromatic rings. The zero-order valence-corrected chi connectivity index (χ0v) is 10.4. The van der Waals surface area contributed by atoms with Crippen LogP contribution in [0.2, 0.25) is 0 Å². The van der Waals surface area contributed by atoms with Gasteiger partial charge in [-0.05, 0) is 0 Å². The molecule has 5 heteroatoms. The minimum Gasteiger partial charge on any atom is -0.378 e. The molecule has 0 unspecified atom stereocenters. The number of hydrogen-bond donors (Lipinski definition) is 0. The summed E-state index contributed by atoms with van der Waals surface area (Å²) in [4.78, 5) is 10.6. The van der Waals surface area contributed by atoms with E-state index in [1.54, 1.807) is 6.92 Å². The fraction of sp³-hybridized carbons (Fsp3) is 0.727. The van der Waals surface area contributed by atoms with Crippen molar-refractivity contribution in [2.45, 2.75) is 6.92 Å². The highest BCUT2D eigenvalue weighted by atomic mass is 32.2. The van der Waals surface area contributed by atoms with E-state index in [1.165, 1.54) is 11.8 Å². The number of terminal acetylenes is 1. The zero-order chi connectivity index (χ0) is 12.1. The Labute approximate surface area is 101 Å². The van der Waals surface area contributed by atoms with Crippen molar-refractivity contribution in [1.82, 2.24) is 0 Å². The second kappa shape index (κ2) is 12.5. The molecule has 4 nitrogen and oxygen atoms in total. The maximum absolute atomic E-state index is 10.6. The molecular formula is C11H18O4S. The largest absolute Gasteiger partial charge is 0.378 e. The summed E-state index contributed by atoms with van der Waals surface area (Å²) < 4.78 is 15.5. The molecule has 0 saturated heterocycles. The molecule has 0 saturated carbocycles. The van der Waals surface area contributed by atoms with Gasteiger partial charge in [-0.1, -0.05) is 17.7 Å². The summed E-state index contributed by atoms with van der Waals surface area (Å²) in [5.74, 6) is 3.06. The average molecular weight is 246 g/mol. The Morgan fingerprint density at radius 1 is 1.12 bits per heavy atom. The lowest BCUT2D eigenvalue weighted by Gasteiger charge is -2.05. The summed E-state index contributed by atoms with van der Waals surface area (Å²) >= 11 is 1.27. The summed E-state index contributed by atoms with van der Waals surface area (Å²) in [7, 11) is 0. The van der Waals surface area contributed by atoms with Crippen LogP contribution in [-0.2, 0) is 19.0 Å². The maximum Gasteiger partial charge on any atom is 0.185 e. The molecule has 0 N–H and O–H groups in total. The van der Waals surface area contributed by atoms with Gasteiger partial charge in [-0.2, -0.15) is 0 Å². The Morgan fingerprint density at radius 2 is 1.69 bits per heavy atom. The van der Waals surface area contributed by atoms with Crippen LogP contribution in [0.5, 0.6) is 0 Å². The van der Waals surface area contributed by atoms with Gasteiger partial charge in [-0.3, -0.25) is 4.79 Å². The fourth-order valence-corrected chi connectivity index (χ4v) is 1.30. The Bertz CT molecular complexity index is 213. The highest BCUT2D eigenvalue weighted by Crippen LogP contribution is 1.99. The van der Waals surface area contributed by atoms with Crippen LogP contribution >= 0.6 is 11.8 Å². The van der Waals surface area contributed by atoms with E-state index >= 15 is 0 Å². The van der Waals surface area contributed by atoms with Gasteiger partial charge in [0, 0.05) is 12.7 Å². The van der Waals surface area contributed by atoms with Crippen LogP contribution in [0.15, 0.2) is 0 Å². The molecule has 0 aromatic heterocycles. The highest BCUT2D eigenvalue weighted by Gasteiger charge is 1.94. The second-order valence-corrected chi connectivity index (χ2v) is 4.09. The molecule has 0 aromatic carbocycles. The summed E-state index contributed by atoms with van der Waals surface area (Å²) in [5.41, 5.74) is 0. The van der Waals surface area contributed by atoms with Crippen LogP contribution in [0.3, 0.4) is 0 Å². The summed E-state index contributed by atoms with van der Waals surface area (Å²) in [6.07, 6.45) is 5.00. The molecule has 16 heavy (non-hydrogen) atoms. The monoisotopic (exact) mass is 246 g/mol. The van der Waals surface area contributed by atoms with Crippen LogP contribution < -0.4 is 0 Å². The Kier molecular flexibility index (Phi) is 12.1. The first-order chi connectivity index (χ1) is 7.77. The van der Waals surface area contributed by atoms with E-state index in [9.17, 15) is 4.79 Å². The van der Waals surface area contributed by atoms with Gasteiger partial charge < -0.3 is 14.2 Å². The second-order valence-electron chi connectivity index (χ2n) is 2.82. The van der Waals surface area contributed by atoms with Gasteiger partial charge >= 0.3 is 0 Å². The minimum absolute atomic E-state index is 0.116. The lowest BCUT2D eigenvalue weighted by molar-refractivity contribution is -0.109. The first-order valence-electron chi connectivity index (χ1n) is 5.07. The Morgan fingerprint density at radius 3 is 2.25 bits per heavy atom.